The Bertz CT molecular complexity index is 993. The number of nitrogens with zero attached hydrogens (tertiary/aromatic N) is 3. The molecule has 1 aliphatic carbocycles. The van der Waals surface area contributed by atoms with E-state index in [2.05, 4.69) is 15.3 Å². The maximum Gasteiger partial charge on any atom is 0.350 e. The fourth-order valence-corrected chi connectivity index (χ4v) is 4.52. The molecule has 13 nitrogen and oxygen atoms in total. The zero-order valence-electron chi connectivity index (χ0n) is 17.9. The normalized spacial score (nSPS) is 26.3. The molecule has 4 atom stereocenters. The number of rotatable bonds is 10. The summed E-state index contributed by atoms with van der Waals surface area (Å²) < 4.78 is 28.7. The van der Waals surface area contributed by atoms with Crippen molar-refractivity contribution in [3.63, 3.8) is 0 Å². The number of fused-ring (bicyclic) bond motifs is 1. The van der Waals surface area contributed by atoms with Gasteiger partial charge in [-0.25, -0.2) is 0 Å². The molecule has 14 heteroatoms. The largest absolute Gasteiger partial charge is 0.461 e. The Kier molecular flexibility index (Phi) is 7.51. The number of hydrogen-bond donors (Lipinski definition) is 6. The van der Waals surface area contributed by atoms with Crippen LogP contribution in [0, 0.1) is 0 Å². The maximum atomic E-state index is 11.0. The number of anilines is 1. The first kappa shape index (κ1) is 24.3. The molecule has 4 rings (SSSR count). The lowest BCUT2D eigenvalue weighted by atomic mass is 10.1. The molecule has 0 amide bonds. The quantitative estimate of drug-likeness (QED) is 0.245. The van der Waals surface area contributed by atoms with Crippen LogP contribution in [-0.2, 0) is 14.0 Å². The lowest BCUT2D eigenvalue weighted by molar-refractivity contribution is -0.0611. The third kappa shape index (κ3) is 5.64. The Balaban J connectivity index is 1.59. The van der Waals surface area contributed by atoms with Crippen LogP contribution < -0.4 is 10.1 Å². The molecule has 2 fully saturated rings. The number of nitrogens with one attached hydrogen (secondary N) is 1. The van der Waals surface area contributed by atoms with Gasteiger partial charge < -0.3 is 49.2 Å². The summed E-state index contributed by atoms with van der Waals surface area (Å²) in [5, 5.41) is 34.2. The van der Waals surface area contributed by atoms with Crippen molar-refractivity contribution in [1.29, 1.82) is 0 Å². The van der Waals surface area contributed by atoms with Gasteiger partial charge in [0.25, 0.3) is 0 Å². The minimum Gasteiger partial charge on any atom is -0.461 e. The van der Waals surface area contributed by atoms with Crippen molar-refractivity contribution in [1.82, 2.24) is 14.5 Å². The van der Waals surface area contributed by atoms with Gasteiger partial charge in [0.15, 0.2) is 11.9 Å². The van der Waals surface area contributed by atoms with E-state index in [1.807, 2.05) is 0 Å². The van der Waals surface area contributed by atoms with E-state index in [0.29, 0.717) is 16.9 Å². The summed E-state index contributed by atoms with van der Waals surface area (Å²) >= 11 is 0. The first-order valence-corrected chi connectivity index (χ1v) is 12.6. The Labute approximate surface area is 189 Å². The van der Waals surface area contributed by atoms with Crippen molar-refractivity contribution in [2.45, 2.75) is 56.3 Å². The van der Waals surface area contributed by atoms with E-state index >= 15 is 0 Å². The third-order valence-electron chi connectivity index (χ3n) is 5.72. The molecule has 6 N–H and O–H groups in total. The molecular formula is C19H29N4O9P. The highest BCUT2D eigenvalue weighted by molar-refractivity contribution is 7.51. The summed E-state index contributed by atoms with van der Waals surface area (Å²) in [5.41, 5.74) is 0.395. The van der Waals surface area contributed by atoms with Crippen LogP contribution in [0.25, 0.3) is 11.0 Å². The van der Waals surface area contributed by atoms with Crippen LogP contribution in [0.1, 0.15) is 31.9 Å². The minimum atomic E-state index is -4.37. The Hall–Kier alpha value is -1.83. The first-order chi connectivity index (χ1) is 15.8. The molecule has 0 aromatic carbocycles. The van der Waals surface area contributed by atoms with Crippen molar-refractivity contribution in [2.24, 2.45) is 0 Å². The fourth-order valence-electron chi connectivity index (χ4n) is 4.18. The third-order valence-corrected chi connectivity index (χ3v) is 6.24. The topological polar surface area (TPSA) is 189 Å². The summed E-state index contributed by atoms with van der Waals surface area (Å²) in [6.07, 6.45) is 0.421. The molecule has 33 heavy (non-hydrogen) atoms. The SMILES string of the molecule is O=P(O)(O)COC[C@H]1O[C@@H](n2ccc3c(NC4CCCC4)nc(OCCO)nc32)[C@H](O)[C@@H]1O. The standard InChI is InChI=1S/C19H29N4O9P/c24-7-8-31-19-21-16(20-11-3-1-2-4-11)12-5-6-23(17(12)22-19)18-15(26)14(25)13(32-18)9-30-10-33(27,28)29/h5-6,11,13-15,18,24-26H,1-4,7-10H2,(H,20,21,22)(H2,27,28,29)/t13-,14-,15-,18-/m1/s1. The van der Waals surface area contributed by atoms with E-state index < -0.39 is 38.5 Å². The maximum absolute atomic E-state index is 11.0. The molecule has 0 bridgehead atoms. The van der Waals surface area contributed by atoms with Crippen LogP contribution in [0.3, 0.4) is 0 Å². The zero-order chi connectivity index (χ0) is 23.6. The van der Waals surface area contributed by atoms with E-state index in [1.165, 1.54) is 0 Å². The van der Waals surface area contributed by atoms with Crippen molar-refractivity contribution >= 4 is 24.4 Å². The van der Waals surface area contributed by atoms with Crippen molar-refractivity contribution < 1.29 is 43.9 Å². The van der Waals surface area contributed by atoms with Gasteiger partial charge in [-0.05, 0) is 18.9 Å². The smallest absolute Gasteiger partial charge is 0.350 e. The second kappa shape index (κ2) is 10.2. The molecular weight excluding hydrogens is 459 g/mol. The molecule has 3 heterocycles. The van der Waals surface area contributed by atoms with Gasteiger partial charge in [0.1, 0.15) is 37.1 Å². The molecule has 2 aliphatic rings. The summed E-state index contributed by atoms with van der Waals surface area (Å²) in [7, 11) is -4.37. The summed E-state index contributed by atoms with van der Waals surface area (Å²) in [4.78, 5) is 26.7. The number of hydrogen-bond acceptors (Lipinski definition) is 10. The van der Waals surface area contributed by atoms with E-state index in [-0.39, 0.29) is 31.9 Å². The summed E-state index contributed by atoms with van der Waals surface area (Å²) in [6, 6.07) is 2.08. The first-order valence-electron chi connectivity index (χ1n) is 10.8. The molecule has 0 spiro atoms. The van der Waals surface area contributed by atoms with Crippen LogP contribution >= 0.6 is 7.60 Å². The van der Waals surface area contributed by atoms with Crippen LogP contribution in [0.5, 0.6) is 6.01 Å². The van der Waals surface area contributed by atoms with Gasteiger partial charge in [-0.3, -0.25) is 4.57 Å². The number of aliphatic hydroxyl groups excluding tert-OH is 3. The number of ether oxygens (including phenoxy) is 3. The van der Waals surface area contributed by atoms with Gasteiger partial charge >= 0.3 is 13.6 Å². The van der Waals surface area contributed by atoms with Gasteiger partial charge in [-0.2, -0.15) is 9.97 Å². The van der Waals surface area contributed by atoms with Gasteiger partial charge in [0, 0.05) is 12.2 Å². The summed E-state index contributed by atoms with van der Waals surface area (Å²) in [6.45, 7) is -0.510. The molecule has 1 saturated heterocycles. The monoisotopic (exact) mass is 488 g/mol. The molecule has 2 aromatic rings. The van der Waals surface area contributed by atoms with E-state index in [1.54, 1.807) is 16.8 Å². The van der Waals surface area contributed by atoms with E-state index in [0.717, 1.165) is 25.7 Å². The van der Waals surface area contributed by atoms with Crippen LogP contribution in [0.15, 0.2) is 12.3 Å². The highest BCUT2D eigenvalue weighted by Gasteiger charge is 2.44. The van der Waals surface area contributed by atoms with Crippen molar-refractivity contribution in [2.75, 3.05) is 31.5 Å². The molecule has 0 radical (unpaired) electrons. The minimum absolute atomic E-state index is 0.00926. The lowest BCUT2D eigenvalue weighted by Crippen LogP contribution is -2.33. The predicted molar refractivity (Wildman–Crippen MR) is 115 cm³/mol. The highest BCUT2D eigenvalue weighted by atomic mass is 31.2. The fraction of sp³-hybridized carbons (Fsp3) is 0.684. The van der Waals surface area contributed by atoms with Crippen molar-refractivity contribution in [3.8, 4) is 6.01 Å². The second-order valence-corrected chi connectivity index (χ2v) is 9.81. The van der Waals surface area contributed by atoms with Crippen LogP contribution in [0.2, 0.25) is 0 Å². The molecule has 1 saturated carbocycles. The van der Waals surface area contributed by atoms with Crippen LogP contribution in [0.4, 0.5) is 5.82 Å². The second-order valence-electron chi connectivity index (χ2n) is 8.22. The van der Waals surface area contributed by atoms with E-state index in [4.69, 9.17) is 29.1 Å². The van der Waals surface area contributed by atoms with Gasteiger partial charge in [-0.15, -0.1) is 0 Å². The molecule has 184 valence electrons. The average Bonchev–Trinajstić information content (AvgIpc) is 3.48. The average molecular weight is 488 g/mol. The number of aromatic nitrogens is 3. The van der Waals surface area contributed by atoms with Gasteiger partial charge in [0.2, 0.25) is 0 Å². The lowest BCUT2D eigenvalue weighted by Gasteiger charge is -2.19. The highest BCUT2D eigenvalue weighted by Crippen LogP contribution is 2.37. The molecule has 0 unspecified atom stereocenters. The molecule has 1 aliphatic heterocycles. The number of aliphatic hydroxyl groups is 3. The summed E-state index contributed by atoms with van der Waals surface area (Å²) in [5.74, 6) is 0.563. The van der Waals surface area contributed by atoms with Crippen molar-refractivity contribution in [3.05, 3.63) is 12.3 Å². The zero-order valence-corrected chi connectivity index (χ0v) is 18.8. The van der Waals surface area contributed by atoms with Gasteiger partial charge in [-0.1, -0.05) is 12.8 Å². The van der Waals surface area contributed by atoms with Crippen LogP contribution in [-0.4, -0.2) is 90.2 Å². The Morgan fingerprint density at radius 1 is 1.21 bits per heavy atom. The van der Waals surface area contributed by atoms with E-state index in [9.17, 15) is 14.8 Å². The van der Waals surface area contributed by atoms with Gasteiger partial charge in [0.05, 0.1) is 18.6 Å². The molecule has 2 aromatic heterocycles. The Morgan fingerprint density at radius 2 is 1.97 bits per heavy atom. The Morgan fingerprint density at radius 3 is 2.67 bits per heavy atom. The predicted octanol–water partition coefficient (Wildman–Crippen LogP) is -0.0721.